The molecule has 0 aromatic rings. The van der Waals surface area contributed by atoms with Crippen LogP contribution in [0.25, 0.3) is 0 Å². The molecule has 190 valence electrons. The number of allylic oxidation sites excluding steroid dienone is 2. The lowest BCUT2D eigenvalue weighted by Crippen LogP contribution is -2.66. The molecule has 4 fully saturated rings. The fourth-order valence-electron chi connectivity index (χ4n) is 9.92. The van der Waals surface area contributed by atoms with Crippen molar-refractivity contribution in [2.75, 3.05) is 0 Å². The zero-order chi connectivity index (χ0) is 24.6. The SMILES string of the molecule is CC(C)=CCC[C@](C)(O)[C@@H]1CC[C@@]2(C)[C@H]1[C@H](O)C[C@@H]1[C@H]2C[C@H](O)[C@@H]2C(C)(C)[C@H](O)CC[C@]12C. The lowest BCUT2D eigenvalue weighted by molar-refractivity contribution is -0.241. The van der Waals surface area contributed by atoms with Gasteiger partial charge in [-0.15, -0.1) is 0 Å². The van der Waals surface area contributed by atoms with Crippen LogP contribution in [0, 0.1) is 45.8 Å². The Bertz CT molecular complexity index is 768. The van der Waals surface area contributed by atoms with Crippen LogP contribution in [0.3, 0.4) is 0 Å². The number of aliphatic hydroxyl groups is 4. The van der Waals surface area contributed by atoms with Crippen molar-refractivity contribution in [1.29, 1.82) is 0 Å². The number of fused-ring (bicyclic) bond motifs is 5. The van der Waals surface area contributed by atoms with Gasteiger partial charge in [0.1, 0.15) is 0 Å². The van der Waals surface area contributed by atoms with Gasteiger partial charge < -0.3 is 20.4 Å². The molecule has 0 aromatic carbocycles. The van der Waals surface area contributed by atoms with Gasteiger partial charge in [0, 0.05) is 0 Å². The third-order valence-corrected chi connectivity index (χ3v) is 11.5. The van der Waals surface area contributed by atoms with Crippen molar-refractivity contribution in [2.24, 2.45) is 45.8 Å². The lowest BCUT2D eigenvalue weighted by atomic mass is 9.39. The molecule has 0 aromatic heterocycles. The maximum atomic E-state index is 11.6. The van der Waals surface area contributed by atoms with Gasteiger partial charge in [0.15, 0.2) is 0 Å². The molecule has 33 heavy (non-hydrogen) atoms. The molecule has 0 saturated heterocycles. The fraction of sp³-hybridized carbons (Fsp3) is 0.931. The predicted octanol–water partition coefficient (Wildman–Crippen LogP) is 5.08. The molecule has 0 spiro atoms. The lowest BCUT2D eigenvalue weighted by Gasteiger charge is -2.67. The van der Waals surface area contributed by atoms with Crippen LogP contribution in [-0.2, 0) is 0 Å². The molecular weight excluding hydrogens is 412 g/mol. The molecule has 4 aliphatic rings. The first kappa shape index (κ1) is 25.7. The minimum Gasteiger partial charge on any atom is -0.393 e. The van der Waals surface area contributed by atoms with Crippen molar-refractivity contribution in [3.05, 3.63) is 11.6 Å². The molecule has 4 nitrogen and oxygen atoms in total. The Balaban J connectivity index is 1.64. The molecule has 0 aliphatic heterocycles. The second-order valence-electron chi connectivity index (χ2n) is 14.0. The average Bonchev–Trinajstić information content (AvgIpc) is 3.06. The summed E-state index contributed by atoms with van der Waals surface area (Å²) in [5.41, 5.74) is 0.0144. The molecule has 11 atom stereocenters. The first-order valence-electron chi connectivity index (χ1n) is 13.6. The zero-order valence-electron chi connectivity index (χ0n) is 22.1. The summed E-state index contributed by atoms with van der Waals surface area (Å²) in [4.78, 5) is 0. The molecule has 0 heterocycles. The number of hydrogen-bond acceptors (Lipinski definition) is 4. The van der Waals surface area contributed by atoms with Gasteiger partial charge in [-0.3, -0.25) is 0 Å². The number of hydrogen-bond donors (Lipinski definition) is 4. The quantitative estimate of drug-likeness (QED) is 0.439. The Hall–Kier alpha value is -0.420. The van der Waals surface area contributed by atoms with Gasteiger partial charge in [-0.25, -0.2) is 0 Å². The van der Waals surface area contributed by atoms with E-state index in [0.717, 1.165) is 51.4 Å². The first-order valence-corrected chi connectivity index (χ1v) is 13.6. The predicted molar refractivity (Wildman–Crippen MR) is 132 cm³/mol. The summed E-state index contributed by atoms with van der Waals surface area (Å²) < 4.78 is 0. The molecule has 0 amide bonds. The van der Waals surface area contributed by atoms with Gasteiger partial charge in [-0.1, -0.05) is 39.3 Å². The largest absolute Gasteiger partial charge is 0.393 e. The Morgan fingerprint density at radius 1 is 0.909 bits per heavy atom. The van der Waals surface area contributed by atoms with E-state index in [2.05, 4.69) is 47.6 Å². The van der Waals surface area contributed by atoms with E-state index in [9.17, 15) is 20.4 Å². The highest BCUT2D eigenvalue weighted by atomic mass is 16.3. The normalized spacial score (nSPS) is 50.5. The van der Waals surface area contributed by atoms with E-state index in [-0.39, 0.29) is 40.1 Å². The minimum atomic E-state index is -0.793. The highest BCUT2D eigenvalue weighted by Gasteiger charge is 2.68. The molecule has 0 bridgehead atoms. The van der Waals surface area contributed by atoms with E-state index in [4.69, 9.17) is 0 Å². The highest BCUT2D eigenvalue weighted by Crippen LogP contribution is 2.71. The average molecular weight is 463 g/mol. The molecule has 4 heteroatoms. The van der Waals surface area contributed by atoms with Gasteiger partial charge in [0.25, 0.3) is 0 Å². The van der Waals surface area contributed by atoms with Crippen LogP contribution in [0.15, 0.2) is 11.6 Å². The van der Waals surface area contributed by atoms with Crippen LogP contribution in [0.2, 0.25) is 0 Å². The maximum Gasteiger partial charge on any atom is 0.0654 e. The summed E-state index contributed by atoms with van der Waals surface area (Å²) >= 11 is 0. The minimum absolute atomic E-state index is 0.0479. The number of rotatable bonds is 4. The van der Waals surface area contributed by atoms with E-state index in [0.29, 0.717) is 11.8 Å². The van der Waals surface area contributed by atoms with E-state index >= 15 is 0 Å². The summed E-state index contributed by atoms with van der Waals surface area (Å²) in [5, 5.41) is 45.5. The summed E-state index contributed by atoms with van der Waals surface area (Å²) in [6.45, 7) is 15.1. The highest BCUT2D eigenvalue weighted by molar-refractivity contribution is 5.17. The van der Waals surface area contributed by atoms with E-state index in [1.54, 1.807) is 0 Å². The topological polar surface area (TPSA) is 80.9 Å². The van der Waals surface area contributed by atoms with Crippen LogP contribution in [0.5, 0.6) is 0 Å². The zero-order valence-corrected chi connectivity index (χ0v) is 22.1. The van der Waals surface area contributed by atoms with Crippen molar-refractivity contribution in [3.8, 4) is 0 Å². The van der Waals surface area contributed by atoms with E-state index in [1.165, 1.54) is 5.57 Å². The molecule has 0 unspecified atom stereocenters. The second-order valence-corrected chi connectivity index (χ2v) is 14.0. The smallest absolute Gasteiger partial charge is 0.0654 e. The van der Waals surface area contributed by atoms with Crippen LogP contribution < -0.4 is 0 Å². The van der Waals surface area contributed by atoms with Crippen molar-refractivity contribution in [1.82, 2.24) is 0 Å². The number of aliphatic hydroxyl groups excluding tert-OH is 3. The van der Waals surface area contributed by atoms with Crippen molar-refractivity contribution in [3.63, 3.8) is 0 Å². The summed E-state index contributed by atoms with van der Waals surface area (Å²) in [6, 6.07) is 0. The third kappa shape index (κ3) is 3.86. The molecule has 4 rings (SSSR count). The molecule has 4 N–H and O–H groups in total. The summed E-state index contributed by atoms with van der Waals surface area (Å²) in [6.07, 6.45) is 7.74. The van der Waals surface area contributed by atoms with Crippen molar-refractivity contribution < 1.29 is 20.4 Å². The van der Waals surface area contributed by atoms with Gasteiger partial charge in [-0.05, 0) is 118 Å². The third-order valence-electron chi connectivity index (χ3n) is 11.5. The molecule has 4 aliphatic carbocycles. The summed E-state index contributed by atoms with van der Waals surface area (Å²) in [7, 11) is 0. The molecular formula is C29H50O4. The van der Waals surface area contributed by atoms with Gasteiger partial charge >= 0.3 is 0 Å². The van der Waals surface area contributed by atoms with Crippen LogP contribution >= 0.6 is 0 Å². The maximum absolute atomic E-state index is 11.6. The summed E-state index contributed by atoms with van der Waals surface area (Å²) in [5.74, 6) is 0.924. The van der Waals surface area contributed by atoms with Crippen molar-refractivity contribution in [2.45, 2.75) is 124 Å². The van der Waals surface area contributed by atoms with E-state index in [1.807, 2.05) is 6.92 Å². The van der Waals surface area contributed by atoms with Gasteiger partial charge in [0.2, 0.25) is 0 Å². The van der Waals surface area contributed by atoms with Gasteiger partial charge in [-0.2, -0.15) is 0 Å². The van der Waals surface area contributed by atoms with E-state index < -0.39 is 17.8 Å². The standard InChI is InChI=1S/C29H50O4/c1-17(2)9-8-12-29(7,33)18-10-13-27(5)19-16-22(31)25-26(3,4)23(32)11-14-28(25,6)20(19)15-21(30)24(18)27/h9,18-25,30-33H,8,10-16H2,1-7H3/t18-,19-,20-,21-,22+,23-,24-,25-,27-,28-,29+/m1/s1. The molecule has 4 saturated carbocycles. The van der Waals surface area contributed by atoms with Crippen LogP contribution in [0.4, 0.5) is 0 Å². The Kier molecular flexibility index (Phi) is 6.47. The second kappa shape index (κ2) is 8.32. The van der Waals surface area contributed by atoms with Crippen molar-refractivity contribution >= 4 is 0 Å². The fourth-order valence-corrected chi connectivity index (χ4v) is 9.92. The first-order chi connectivity index (χ1) is 15.2. The molecule has 0 radical (unpaired) electrons. The van der Waals surface area contributed by atoms with Gasteiger partial charge in [0.05, 0.1) is 23.9 Å². The van der Waals surface area contributed by atoms with Crippen LogP contribution in [0.1, 0.15) is 99.8 Å². The Morgan fingerprint density at radius 2 is 1.48 bits per heavy atom. The van der Waals surface area contributed by atoms with Crippen LogP contribution in [-0.4, -0.2) is 44.3 Å². The Labute approximate surface area is 201 Å². The monoisotopic (exact) mass is 462 g/mol. The Morgan fingerprint density at radius 3 is 2.12 bits per heavy atom.